The molecule has 0 spiro atoms. The number of hydrogen-bond acceptors (Lipinski definition) is 10. The molecule has 17 heteroatoms. The van der Waals surface area contributed by atoms with Gasteiger partial charge in [0.05, 0.1) is 17.9 Å². The Hall–Kier alpha value is -6.17. The van der Waals surface area contributed by atoms with E-state index in [1.807, 2.05) is 60.7 Å². The van der Waals surface area contributed by atoms with Gasteiger partial charge in [0.1, 0.15) is 5.82 Å². The fourth-order valence-corrected chi connectivity index (χ4v) is 8.12. The van der Waals surface area contributed by atoms with E-state index in [1.54, 1.807) is 36.2 Å². The molecule has 3 aromatic carbocycles. The lowest BCUT2D eigenvalue weighted by Gasteiger charge is -2.32. The Bertz CT molecular complexity index is 2370. The second-order valence-electron chi connectivity index (χ2n) is 16.4. The van der Waals surface area contributed by atoms with Crippen molar-refractivity contribution in [3.63, 3.8) is 0 Å². The number of rotatable bonds is 23. The number of carboxylic acid groups (broad SMARTS) is 1. The molecule has 0 bridgehead atoms. The number of carbonyl (C=O) groups is 5. The summed E-state index contributed by atoms with van der Waals surface area (Å²) < 4.78 is 22.3. The predicted octanol–water partition coefficient (Wildman–Crippen LogP) is 5.69. The molecule has 0 radical (unpaired) electrons. The molecule has 5 rings (SSSR count). The van der Waals surface area contributed by atoms with Crippen LogP contribution in [-0.2, 0) is 39.0 Å². The summed E-state index contributed by atoms with van der Waals surface area (Å²) in [6, 6.07) is 25.7. The monoisotopic (exact) mass is 910 g/mol. The third-order valence-corrected chi connectivity index (χ3v) is 12.3. The maximum absolute atomic E-state index is 14.0. The Morgan fingerprint density at radius 1 is 0.769 bits per heavy atom. The van der Waals surface area contributed by atoms with Crippen molar-refractivity contribution < 1.29 is 37.5 Å². The van der Waals surface area contributed by atoms with Crippen LogP contribution in [0.3, 0.4) is 0 Å². The molecule has 1 saturated heterocycles. The molecular formula is C48H62N8O8S. The number of likely N-dealkylation sites (N-methyl/N-ethyl adjacent to an activating group) is 1. The summed E-state index contributed by atoms with van der Waals surface area (Å²) in [6.45, 7) is 7.34. The van der Waals surface area contributed by atoms with E-state index in [4.69, 9.17) is 15.2 Å². The van der Waals surface area contributed by atoms with Crippen molar-refractivity contribution in [1.29, 1.82) is 0 Å². The topological polar surface area (TPSA) is 224 Å². The highest BCUT2D eigenvalue weighted by Crippen LogP contribution is 2.25. The van der Waals surface area contributed by atoms with E-state index in [-0.39, 0.29) is 54.4 Å². The molecule has 0 atom stereocenters. The third-order valence-electron chi connectivity index (χ3n) is 11.6. The van der Waals surface area contributed by atoms with Gasteiger partial charge in [0.15, 0.2) is 5.69 Å². The summed E-state index contributed by atoms with van der Waals surface area (Å²) in [7, 11) is -1.98. The average Bonchev–Trinajstić information content (AvgIpc) is 3.30. The number of nitrogens with zero attached hydrogens (tertiary/aromatic N) is 4. The van der Waals surface area contributed by atoms with E-state index in [9.17, 15) is 32.4 Å². The van der Waals surface area contributed by atoms with E-state index in [0.717, 1.165) is 61.9 Å². The fraction of sp³-hybridized carbons (Fsp3) is 0.417. The second-order valence-corrected chi connectivity index (χ2v) is 18.1. The van der Waals surface area contributed by atoms with Gasteiger partial charge in [-0.15, -0.1) is 0 Å². The van der Waals surface area contributed by atoms with Gasteiger partial charge in [-0.2, -0.15) is 0 Å². The molecule has 4 amide bonds. The van der Waals surface area contributed by atoms with Crippen molar-refractivity contribution >= 4 is 56.8 Å². The van der Waals surface area contributed by atoms with Crippen molar-refractivity contribution in [2.24, 2.45) is 5.14 Å². The number of primary sulfonamides is 1. The van der Waals surface area contributed by atoms with Gasteiger partial charge in [-0.25, -0.2) is 18.5 Å². The van der Waals surface area contributed by atoms with Gasteiger partial charge in [-0.3, -0.25) is 28.9 Å². The first-order valence-corrected chi connectivity index (χ1v) is 24.0. The molecular weight excluding hydrogens is 849 g/mol. The molecule has 0 unspecified atom stereocenters. The van der Waals surface area contributed by atoms with Crippen LogP contribution < -0.4 is 26.0 Å². The van der Waals surface area contributed by atoms with E-state index in [2.05, 4.69) is 39.6 Å². The SMILES string of the molecule is CCC(CC)N(CCN(C)C(=O)CCC(=O)O)Cc1cccc(C(=O)Nc2ccc(N3CCCCC3)nc2C(=O)Nc2ccc(CCc3ccc(C(=O)NCCS(N)(=O)=O)cc3)cc2)c1. The Balaban J connectivity index is 1.24. The molecule has 1 aliphatic rings. The zero-order valence-corrected chi connectivity index (χ0v) is 38.4. The molecule has 1 aromatic heterocycles. The number of amides is 4. The van der Waals surface area contributed by atoms with Crippen LogP contribution in [-0.4, -0.2) is 109 Å². The number of pyridine rings is 1. The van der Waals surface area contributed by atoms with Crippen molar-refractivity contribution in [1.82, 2.24) is 20.1 Å². The second kappa shape index (κ2) is 24.2. The number of aliphatic carboxylic acids is 1. The largest absolute Gasteiger partial charge is 0.481 e. The van der Waals surface area contributed by atoms with Crippen LogP contribution >= 0.6 is 0 Å². The number of sulfonamides is 1. The molecule has 4 aromatic rings. The Labute approximate surface area is 382 Å². The lowest BCUT2D eigenvalue weighted by Crippen LogP contribution is -2.41. The fourth-order valence-electron chi connectivity index (χ4n) is 7.73. The van der Waals surface area contributed by atoms with Gasteiger partial charge in [-0.05, 0) is 110 Å². The number of aromatic nitrogens is 1. The van der Waals surface area contributed by atoms with E-state index < -0.39 is 27.8 Å². The van der Waals surface area contributed by atoms with Crippen LogP contribution in [0, 0.1) is 0 Å². The molecule has 0 aliphatic carbocycles. The molecule has 65 heavy (non-hydrogen) atoms. The zero-order chi connectivity index (χ0) is 46.9. The number of nitrogens with two attached hydrogens (primary N) is 1. The smallest absolute Gasteiger partial charge is 0.303 e. The summed E-state index contributed by atoms with van der Waals surface area (Å²) >= 11 is 0. The number of piperidine rings is 1. The summed E-state index contributed by atoms with van der Waals surface area (Å²) in [6.07, 6.45) is 6.09. The van der Waals surface area contributed by atoms with Crippen molar-refractivity contribution in [2.75, 3.05) is 61.1 Å². The molecule has 2 heterocycles. The highest BCUT2D eigenvalue weighted by molar-refractivity contribution is 7.89. The molecule has 6 N–H and O–H groups in total. The number of nitrogens with one attached hydrogen (secondary N) is 3. The number of carboxylic acids is 1. The first-order valence-electron chi connectivity index (χ1n) is 22.3. The van der Waals surface area contributed by atoms with Gasteiger partial charge in [0.25, 0.3) is 17.7 Å². The lowest BCUT2D eigenvalue weighted by atomic mass is 10.0. The van der Waals surface area contributed by atoms with Crippen LogP contribution in [0.2, 0.25) is 0 Å². The van der Waals surface area contributed by atoms with Crippen LogP contribution in [0.15, 0.2) is 84.9 Å². The summed E-state index contributed by atoms with van der Waals surface area (Å²) in [5, 5.41) is 22.5. The minimum atomic E-state index is -3.67. The Kier molecular flexibility index (Phi) is 18.6. The highest BCUT2D eigenvalue weighted by atomic mass is 32.2. The average molecular weight is 911 g/mol. The summed E-state index contributed by atoms with van der Waals surface area (Å²) in [5.41, 5.74) is 4.70. The molecule has 348 valence electrons. The standard InChI is InChI=1S/C48H62N8O8S/c1-4-40(5-2)56(30-29-54(3)43(57)24-25-44(58)59)33-36-10-9-11-38(32-36)47(61)52-41-22-23-42(55-27-7-6-8-28-55)53-45(41)48(62)51-39-20-16-35(17-21-39)13-12-34-14-18-37(19-15-34)46(60)50-26-31-65(49,63)64/h9-11,14-23,32,40H,4-8,12-13,24-31,33H2,1-3H3,(H,50,60)(H,51,62)(H,52,61)(H,58,59)(H2,49,63,64). The predicted molar refractivity (Wildman–Crippen MR) is 253 cm³/mol. The van der Waals surface area contributed by atoms with Crippen LogP contribution in [0.25, 0.3) is 0 Å². The lowest BCUT2D eigenvalue weighted by molar-refractivity contribution is -0.140. The van der Waals surface area contributed by atoms with E-state index in [1.165, 1.54) is 0 Å². The number of hydrogen-bond donors (Lipinski definition) is 5. The normalized spacial score (nSPS) is 12.8. The number of carbonyl (C=O) groups excluding carboxylic acids is 4. The maximum atomic E-state index is 14.0. The van der Waals surface area contributed by atoms with Crippen LogP contribution in [0.1, 0.15) is 107 Å². The third kappa shape index (κ3) is 15.8. The van der Waals surface area contributed by atoms with Crippen LogP contribution in [0.5, 0.6) is 0 Å². The minimum absolute atomic E-state index is 0.0518. The van der Waals surface area contributed by atoms with E-state index in [0.29, 0.717) is 55.1 Å². The number of benzene rings is 3. The zero-order valence-electron chi connectivity index (χ0n) is 37.6. The van der Waals surface area contributed by atoms with E-state index >= 15 is 0 Å². The summed E-state index contributed by atoms with van der Waals surface area (Å²) in [5.74, 6) is -2.15. The van der Waals surface area contributed by atoms with Crippen LogP contribution in [0.4, 0.5) is 17.2 Å². The minimum Gasteiger partial charge on any atom is -0.481 e. The van der Waals surface area contributed by atoms with Gasteiger partial charge < -0.3 is 30.9 Å². The first-order chi connectivity index (χ1) is 31.1. The molecule has 1 aliphatic heterocycles. The van der Waals surface area contributed by atoms with Crippen molar-refractivity contribution in [2.45, 2.75) is 84.2 Å². The first kappa shape index (κ1) is 49.8. The van der Waals surface area contributed by atoms with Gasteiger partial charge in [0.2, 0.25) is 15.9 Å². The number of aryl methyl sites for hydroxylation is 2. The quantitative estimate of drug-likeness (QED) is 0.0608. The van der Waals surface area contributed by atoms with Gasteiger partial charge in [0, 0.05) is 75.6 Å². The molecule has 16 nitrogen and oxygen atoms in total. The molecule has 1 fully saturated rings. The Morgan fingerprint density at radius 2 is 1.43 bits per heavy atom. The maximum Gasteiger partial charge on any atom is 0.303 e. The van der Waals surface area contributed by atoms with Crippen molar-refractivity contribution in [3.8, 4) is 0 Å². The highest BCUT2D eigenvalue weighted by Gasteiger charge is 2.22. The summed E-state index contributed by atoms with van der Waals surface area (Å²) in [4.78, 5) is 74.6. The van der Waals surface area contributed by atoms with Gasteiger partial charge in [-0.1, -0.05) is 50.2 Å². The number of anilines is 3. The van der Waals surface area contributed by atoms with Gasteiger partial charge >= 0.3 is 5.97 Å². The molecule has 0 saturated carbocycles. The van der Waals surface area contributed by atoms with Crippen molar-refractivity contribution in [3.05, 3.63) is 118 Å². The Morgan fingerprint density at radius 3 is 2.06 bits per heavy atom.